The fraction of sp³-hybridized carbons (Fsp3) is 0.467. The third kappa shape index (κ3) is 6.89. The lowest BCUT2D eigenvalue weighted by Crippen LogP contribution is -2.11. The minimum atomic E-state index is -0.825. The Kier molecular flexibility index (Phi) is 7.35. The maximum absolute atomic E-state index is 11.7. The Morgan fingerprint density at radius 2 is 2.00 bits per heavy atom. The van der Waals surface area contributed by atoms with Gasteiger partial charge in [0.05, 0.1) is 6.61 Å². The van der Waals surface area contributed by atoms with Gasteiger partial charge in [-0.15, -0.1) is 0 Å². The molecular formula is C15H21NO4. The van der Waals surface area contributed by atoms with Gasteiger partial charge in [0, 0.05) is 25.1 Å². The average Bonchev–Trinajstić information content (AvgIpc) is 2.41. The molecule has 0 bridgehead atoms. The molecule has 2 N–H and O–H groups in total. The molecule has 5 nitrogen and oxygen atoms in total. The fourth-order valence-corrected chi connectivity index (χ4v) is 1.74. The van der Waals surface area contributed by atoms with Gasteiger partial charge in [-0.25, -0.2) is 0 Å². The van der Waals surface area contributed by atoms with Gasteiger partial charge in [-0.2, -0.15) is 0 Å². The Morgan fingerprint density at radius 3 is 2.70 bits per heavy atom. The van der Waals surface area contributed by atoms with Crippen molar-refractivity contribution in [2.45, 2.75) is 39.2 Å². The lowest BCUT2D eigenvalue weighted by Gasteiger charge is -2.07. The Balaban J connectivity index is 2.35. The Morgan fingerprint density at radius 1 is 1.25 bits per heavy atom. The van der Waals surface area contributed by atoms with Crippen molar-refractivity contribution in [1.82, 2.24) is 0 Å². The van der Waals surface area contributed by atoms with Crippen molar-refractivity contribution in [3.05, 3.63) is 29.8 Å². The van der Waals surface area contributed by atoms with E-state index in [4.69, 9.17) is 9.84 Å². The molecule has 0 aliphatic heterocycles. The van der Waals surface area contributed by atoms with E-state index in [1.807, 2.05) is 31.2 Å². The van der Waals surface area contributed by atoms with E-state index in [9.17, 15) is 9.59 Å². The van der Waals surface area contributed by atoms with Gasteiger partial charge in [0.25, 0.3) is 0 Å². The first-order valence-corrected chi connectivity index (χ1v) is 6.80. The maximum atomic E-state index is 11.7. The number of hydrogen-bond acceptors (Lipinski definition) is 3. The monoisotopic (exact) mass is 279 g/mol. The summed E-state index contributed by atoms with van der Waals surface area (Å²) in [5.74, 6) is -0.919. The molecule has 1 aromatic rings. The quantitative estimate of drug-likeness (QED) is 0.681. The summed E-state index contributed by atoms with van der Waals surface area (Å²) in [6, 6.07) is 7.52. The summed E-state index contributed by atoms with van der Waals surface area (Å²) in [6.07, 6.45) is 1.55. The highest BCUT2D eigenvalue weighted by atomic mass is 16.5. The molecular weight excluding hydrogens is 258 g/mol. The Hall–Kier alpha value is -1.88. The molecule has 1 amide bonds. The molecule has 1 rings (SSSR count). The van der Waals surface area contributed by atoms with E-state index in [1.165, 1.54) is 0 Å². The first-order chi connectivity index (χ1) is 9.61. The number of anilines is 1. The smallest absolute Gasteiger partial charge is 0.303 e. The molecule has 0 spiro atoms. The van der Waals surface area contributed by atoms with Crippen molar-refractivity contribution in [3.63, 3.8) is 0 Å². The van der Waals surface area contributed by atoms with Crippen molar-refractivity contribution in [3.8, 4) is 0 Å². The summed E-state index contributed by atoms with van der Waals surface area (Å²) in [5, 5.41) is 11.3. The average molecular weight is 279 g/mol. The Labute approximate surface area is 118 Å². The molecule has 0 aliphatic rings. The lowest BCUT2D eigenvalue weighted by molar-refractivity contribution is -0.137. The number of carboxylic acids is 1. The van der Waals surface area contributed by atoms with Gasteiger partial charge in [0.1, 0.15) is 0 Å². The molecule has 0 fully saturated rings. The highest BCUT2D eigenvalue weighted by molar-refractivity contribution is 5.90. The van der Waals surface area contributed by atoms with Crippen LogP contribution >= 0.6 is 0 Å². The van der Waals surface area contributed by atoms with Crippen LogP contribution in [0.5, 0.6) is 0 Å². The Bertz CT molecular complexity index is 445. The van der Waals surface area contributed by atoms with Crippen LogP contribution in [-0.4, -0.2) is 23.6 Å². The maximum Gasteiger partial charge on any atom is 0.303 e. The number of benzene rings is 1. The normalized spacial score (nSPS) is 10.2. The van der Waals surface area contributed by atoms with Crippen molar-refractivity contribution in [1.29, 1.82) is 0 Å². The molecule has 1 aromatic carbocycles. The highest BCUT2D eigenvalue weighted by Gasteiger charge is 2.04. The predicted octanol–water partition coefficient (Wildman–Crippen LogP) is 2.81. The number of carbonyl (C=O) groups excluding carboxylic acids is 1. The van der Waals surface area contributed by atoms with Crippen LogP contribution in [0.25, 0.3) is 0 Å². The summed E-state index contributed by atoms with van der Waals surface area (Å²) in [4.78, 5) is 22.0. The van der Waals surface area contributed by atoms with Crippen molar-refractivity contribution in [2.75, 3.05) is 11.9 Å². The number of carbonyl (C=O) groups is 2. The largest absolute Gasteiger partial charge is 0.481 e. The van der Waals surface area contributed by atoms with Gasteiger partial charge in [-0.3, -0.25) is 9.59 Å². The van der Waals surface area contributed by atoms with E-state index in [-0.39, 0.29) is 12.3 Å². The molecule has 5 heteroatoms. The minimum absolute atomic E-state index is 0.0936. The summed E-state index contributed by atoms with van der Waals surface area (Å²) in [6.45, 7) is 3.11. The third-order valence-corrected chi connectivity index (χ3v) is 2.73. The van der Waals surface area contributed by atoms with E-state index in [0.29, 0.717) is 32.5 Å². The molecule has 0 saturated carbocycles. The van der Waals surface area contributed by atoms with Crippen LogP contribution in [0.2, 0.25) is 0 Å². The summed E-state index contributed by atoms with van der Waals surface area (Å²) >= 11 is 0. The summed E-state index contributed by atoms with van der Waals surface area (Å²) in [5.41, 5.74) is 1.75. The topological polar surface area (TPSA) is 75.6 Å². The standard InChI is InChI=1S/C15H21NO4/c1-2-20-11-12-6-5-7-13(10-12)16-14(17)8-3-4-9-15(18)19/h5-7,10H,2-4,8-9,11H2,1H3,(H,16,17)(H,18,19). The second-order valence-electron chi connectivity index (χ2n) is 4.49. The molecule has 0 aliphatic carbocycles. The first kappa shape index (κ1) is 16.2. The van der Waals surface area contributed by atoms with E-state index >= 15 is 0 Å². The van der Waals surface area contributed by atoms with Gasteiger partial charge in [0.15, 0.2) is 0 Å². The van der Waals surface area contributed by atoms with Crippen molar-refractivity contribution < 1.29 is 19.4 Å². The zero-order chi connectivity index (χ0) is 14.8. The number of hydrogen-bond donors (Lipinski definition) is 2. The van der Waals surface area contributed by atoms with Crippen LogP contribution in [-0.2, 0) is 20.9 Å². The van der Waals surface area contributed by atoms with Gasteiger partial charge in [-0.05, 0) is 37.5 Å². The molecule has 0 radical (unpaired) electrons. The highest BCUT2D eigenvalue weighted by Crippen LogP contribution is 2.12. The van der Waals surface area contributed by atoms with E-state index in [2.05, 4.69) is 5.32 Å². The number of nitrogens with one attached hydrogen (secondary N) is 1. The van der Waals surface area contributed by atoms with Gasteiger partial charge in [0.2, 0.25) is 5.91 Å². The van der Waals surface area contributed by atoms with E-state index in [1.54, 1.807) is 0 Å². The van der Waals surface area contributed by atoms with Gasteiger partial charge >= 0.3 is 5.97 Å². The van der Waals surface area contributed by atoms with Crippen LogP contribution < -0.4 is 5.32 Å². The minimum Gasteiger partial charge on any atom is -0.481 e. The number of ether oxygens (including phenoxy) is 1. The first-order valence-electron chi connectivity index (χ1n) is 6.80. The number of unbranched alkanes of at least 4 members (excludes halogenated alkanes) is 1. The van der Waals surface area contributed by atoms with E-state index < -0.39 is 5.97 Å². The van der Waals surface area contributed by atoms with Crippen LogP contribution in [0.1, 0.15) is 38.2 Å². The zero-order valence-corrected chi connectivity index (χ0v) is 11.7. The van der Waals surface area contributed by atoms with Crippen LogP contribution in [0.15, 0.2) is 24.3 Å². The molecule has 110 valence electrons. The van der Waals surface area contributed by atoms with Gasteiger partial charge < -0.3 is 15.2 Å². The molecule has 0 saturated heterocycles. The van der Waals surface area contributed by atoms with Crippen LogP contribution in [0, 0.1) is 0 Å². The molecule has 0 unspecified atom stereocenters. The van der Waals surface area contributed by atoms with Crippen molar-refractivity contribution in [2.24, 2.45) is 0 Å². The molecule has 0 heterocycles. The molecule has 0 aromatic heterocycles. The fourth-order valence-electron chi connectivity index (χ4n) is 1.74. The summed E-state index contributed by atoms with van der Waals surface area (Å²) < 4.78 is 5.31. The number of aliphatic carboxylic acids is 1. The van der Waals surface area contributed by atoms with Crippen LogP contribution in [0.3, 0.4) is 0 Å². The third-order valence-electron chi connectivity index (χ3n) is 2.73. The molecule has 20 heavy (non-hydrogen) atoms. The van der Waals surface area contributed by atoms with Crippen LogP contribution in [0.4, 0.5) is 5.69 Å². The predicted molar refractivity (Wildman–Crippen MR) is 76.5 cm³/mol. The molecule has 0 atom stereocenters. The number of amides is 1. The zero-order valence-electron chi connectivity index (χ0n) is 11.7. The second-order valence-corrected chi connectivity index (χ2v) is 4.49. The SMILES string of the molecule is CCOCc1cccc(NC(=O)CCCCC(=O)O)c1. The number of carboxylic acid groups (broad SMARTS) is 1. The lowest BCUT2D eigenvalue weighted by atomic mass is 10.1. The second kappa shape index (κ2) is 9.09. The van der Waals surface area contributed by atoms with Gasteiger partial charge in [-0.1, -0.05) is 12.1 Å². The van der Waals surface area contributed by atoms with E-state index in [0.717, 1.165) is 11.3 Å². The van der Waals surface area contributed by atoms with Crippen molar-refractivity contribution >= 4 is 17.6 Å². The number of rotatable bonds is 9. The summed E-state index contributed by atoms with van der Waals surface area (Å²) in [7, 11) is 0.